The predicted octanol–water partition coefficient (Wildman–Crippen LogP) is 3.10. The van der Waals surface area contributed by atoms with E-state index < -0.39 is 0 Å². The number of guanidine groups is 1. The molecule has 2 aromatic rings. The summed E-state index contributed by atoms with van der Waals surface area (Å²) in [6.45, 7) is 5.61. The molecule has 0 atom stereocenters. The molecule has 140 valence electrons. The first-order chi connectivity index (χ1) is 12.8. The average molecular weight is 355 g/mol. The number of benzene rings is 2. The number of nitrogens with zero attached hydrogens (tertiary/aromatic N) is 1. The third-order valence-corrected chi connectivity index (χ3v) is 3.82. The van der Waals surface area contributed by atoms with E-state index in [-0.39, 0.29) is 0 Å². The lowest BCUT2D eigenvalue weighted by Crippen LogP contribution is -2.39. The maximum absolute atomic E-state index is 9.30. The number of nitrogens with one attached hydrogen (secondary N) is 2. The molecule has 3 N–H and O–H groups in total. The minimum atomic E-state index is 0.305. The molecule has 0 amide bonds. The minimum absolute atomic E-state index is 0.305. The maximum Gasteiger partial charge on any atom is 0.191 e. The van der Waals surface area contributed by atoms with Crippen LogP contribution in [0, 0.1) is 0 Å². The van der Waals surface area contributed by atoms with Crippen LogP contribution < -0.4 is 10.6 Å². The van der Waals surface area contributed by atoms with Crippen LogP contribution in [0.5, 0.6) is 5.75 Å². The van der Waals surface area contributed by atoms with Gasteiger partial charge in [-0.1, -0.05) is 42.5 Å². The highest BCUT2D eigenvalue weighted by Crippen LogP contribution is 2.11. The van der Waals surface area contributed by atoms with Gasteiger partial charge in [-0.3, -0.25) is 4.99 Å². The summed E-state index contributed by atoms with van der Waals surface area (Å²) in [7, 11) is 0. The zero-order valence-electron chi connectivity index (χ0n) is 15.4. The number of aromatic hydroxyl groups is 1. The number of ether oxygens (including phenoxy) is 1. The molecule has 5 nitrogen and oxygen atoms in total. The highest BCUT2D eigenvalue weighted by molar-refractivity contribution is 5.79. The van der Waals surface area contributed by atoms with E-state index in [0.717, 1.165) is 38.4 Å². The fraction of sp³-hybridized carbons (Fsp3) is 0.381. The smallest absolute Gasteiger partial charge is 0.191 e. The van der Waals surface area contributed by atoms with Gasteiger partial charge in [-0.15, -0.1) is 0 Å². The molecule has 0 unspecified atom stereocenters. The van der Waals surface area contributed by atoms with Crippen molar-refractivity contribution < 1.29 is 9.84 Å². The van der Waals surface area contributed by atoms with Crippen molar-refractivity contribution in [3.63, 3.8) is 0 Å². The van der Waals surface area contributed by atoms with E-state index in [4.69, 9.17) is 4.74 Å². The molecule has 5 heteroatoms. The van der Waals surface area contributed by atoms with Gasteiger partial charge >= 0.3 is 0 Å². The van der Waals surface area contributed by atoms with E-state index in [2.05, 4.69) is 34.7 Å². The van der Waals surface area contributed by atoms with Crippen LogP contribution in [-0.2, 0) is 17.8 Å². The van der Waals surface area contributed by atoms with Crippen molar-refractivity contribution in [1.82, 2.24) is 10.6 Å². The van der Waals surface area contributed by atoms with Crippen LogP contribution in [0.4, 0.5) is 0 Å². The Morgan fingerprint density at radius 2 is 1.77 bits per heavy atom. The Balaban J connectivity index is 1.63. The van der Waals surface area contributed by atoms with Crippen molar-refractivity contribution in [2.45, 2.75) is 26.4 Å². The molecular weight excluding hydrogens is 326 g/mol. The van der Waals surface area contributed by atoms with E-state index in [1.165, 1.54) is 11.1 Å². The average Bonchev–Trinajstić information content (AvgIpc) is 2.67. The van der Waals surface area contributed by atoms with Crippen molar-refractivity contribution in [2.75, 3.05) is 26.2 Å². The van der Waals surface area contributed by atoms with Crippen molar-refractivity contribution in [1.29, 1.82) is 0 Å². The third kappa shape index (κ3) is 8.03. The summed E-state index contributed by atoms with van der Waals surface area (Å²) in [5.41, 5.74) is 2.40. The van der Waals surface area contributed by atoms with Gasteiger partial charge in [0.1, 0.15) is 5.75 Å². The number of hydrogen-bond acceptors (Lipinski definition) is 3. The van der Waals surface area contributed by atoms with Crippen LogP contribution in [0.2, 0.25) is 0 Å². The summed E-state index contributed by atoms with van der Waals surface area (Å²) in [6.07, 6.45) is 1.91. The summed E-state index contributed by atoms with van der Waals surface area (Å²) in [4.78, 5) is 4.59. The van der Waals surface area contributed by atoms with Gasteiger partial charge in [0, 0.05) is 19.6 Å². The van der Waals surface area contributed by atoms with Gasteiger partial charge in [0.25, 0.3) is 0 Å². The van der Waals surface area contributed by atoms with E-state index in [1.807, 2.05) is 30.3 Å². The number of hydrogen-bond donors (Lipinski definition) is 3. The van der Waals surface area contributed by atoms with Gasteiger partial charge < -0.3 is 20.5 Å². The number of phenols is 1. The summed E-state index contributed by atoms with van der Waals surface area (Å²) >= 11 is 0. The van der Waals surface area contributed by atoms with Crippen LogP contribution in [0.25, 0.3) is 0 Å². The molecule has 0 aliphatic heterocycles. The second-order valence-electron chi connectivity index (χ2n) is 6.00. The summed E-state index contributed by atoms with van der Waals surface area (Å²) in [5.74, 6) is 1.13. The molecular formula is C21H29N3O2. The topological polar surface area (TPSA) is 65.9 Å². The molecule has 0 aliphatic rings. The largest absolute Gasteiger partial charge is 0.508 e. The molecule has 0 aromatic heterocycles. The molecule has 0 radical (unpaired) electrons. The normalized spacial score (nSPS) is 11.3. The maximum atomic E-state index is 9.30. The van der Waals surface area contributed by atoms with E-state index in [1.54, 1.807) is 12.1 Å². The molecule has 2 aromatic carbocycles. The monoisotopic (exact) mass is 355 g/mol. The third-order valence-electron chi connectivity index (χ3n) is 3.82. The molecule has 0 fully saturated rings. The lowest BCUT2D eigenvalue weighted by Gasteiger charge is -2.11. The van der Waals surface area contributed by atoms with Gasteiger partial charge in [0.2, 0.25) is 0 Å². The molecule has 26 heavy (non-hydrogen) atoms. The predicted molar refractivity (Wildman–Crippen MR) is 107 cm³/mol. The second kappa shape index (κ2) is 11.9. The highest BCUT2D eigenvalue weighted by Gasteiger charge is 1.98. The van der Waals surface area contributed by atoms with Crippen LogP contribution in [0.3, 0.4) is 0 Å². The van der Waals surface area contributed by atoms with Gasteiger partial charge in [0.15, 0.2) is 5.96 Å². The molecule has 0 saturated heterocycles. The van der Waals surface area contributed by atoms with Crippen LogP contribution >= 0.6 is 0 Å². The Labute approximate surface area is 156 Å². The first-order valence-corrected chi connectivity index (χ1v) is 9.19. The van der Waals surface area contributed by atoms with Crippen molar-refractivity contribution >= 4 is 5.96 Å². The van der Waals surface area contributed by atoms with E-state index in [0.29, 0.717) is 19.0 Å². The van der Waals surface area contributed by atoms with Gasteiger partial charge in [0.05, 0.1) is 13.2 Å². The standard InChI is InChI=1S/C21H29N3O2/c1-2-22-21(23-14-6-9-18-10-12-20(25)13-11-18)24-15-16-26-17-19-7-4-3-5-8-19/h3-5,7-8,10-13,25H,2,6,9,14-17H2,1H3,(H2,22,23,24). The van der Waals surface area contributed by atoms with Crippen molar-refractivity contribution in [3.05, 3.63) is 65.7 Å². The SMILES string of the molecule is CCNC(=NCCCc1ccc(O)cc1)NCCOCc1ccccc1. The fourth-order valence-corrected chi connectivity index (χ4v) is 2.48. The Kier molecular flexibility index (Phi) is 9.08. The number of aliphatic imine (C=N–C) groups is 1. The van der Waals surface area contributed by atoms with E-state index in [9.17, 15) is 5.11 Å². The fourth-order valence-electron chi connectivity index (χ4n) is 2.48. The van der Waals surface area contributed by atoms with Gasteiger partial charge in [-0.2, -0.15) is 0 Å². The first-order valence-electron chi connectivity index (χ1n) is 9.19. The zero-order chi connectivity index (χ0) is 18.5. The zero-order valence-corrected chi connectivity index (χ0v) is 15.4. The molecule has 0 heterocycles. The number of phenolic OH excluding ortho intramolecular Hbond substituents is 1. The first kappa shape index (κ1) is 19.8. The molecule has 2 rings (SSSR count). The summed E-state index contributed by atoms with van der Waals surface area (Å²) in [6, 6.07) is 17.5. The Hall–Kier alpha value is -2.53. The molecule has 0 aliphatic carbocycles. The second-order valence-corrected chi connectivity index (χ2v) is 6.00. The number of aryl methyl sites for hydroxylation is 1. The van der Waals surface area contributed by atoms with Crippen molar-refractivity contribution in [2.24, 2.45) is 4.99 Å². The Morgan fingerprint density at radius 3 is 2.50 bits per heavy atom. The van der Waals surface area contributed by atoms with Gasteiger partial charge in [-0.25, -0.2) is 0 Å². The summed E-state index contributed by atoms with van der Waals surface area (Å²) < 4.78 is 5.68. The molecule has 0 bridgehead atoms. The minimum Gasteiger partial charge on any atom is -0.508 e. The van der Waals surface area contributed by atoms with Gasteiger partial charge in [-0.05, 0) is 43.0 Å². The van der Waals surface area contributed by atoms with Crippen LogP contribution in [0.15, 0.2) is 59.6 Å². The molecule has 0 saturated carbocycles. The van der Waals surface area contributed by atoms with Crippen molar-refractivity contribution in [3.8, 4) is 5.75 Å². The quantitative estimate of drug-likeness (QED) is 0.348. The Bertz CT molecular complexity index is 642. The Morgan fingerprint density at radius 1 is 1.00 bits per heavy atom. The summed E-state index contributed by atoms with van der Waals surface area (Å²) in [5, 5.41) is 15.8. The van der Waals surface area contributed by atoms with Crippen LogP contribution in [0.1, 0.15) is 24.5 Å². The van der Waals surface area contributed by atoms with Crippen LogP contribution in [-0.4, -0.2) is 37.3 Å². The lowest BCUT2D eigenvalue weighted by molar-refractivity contribution is 0.125. The number of rotatable bonds is 10. The highest BCUT2D eigenvalue weighted by atomic mass is 16.5. The lowest BCUT2D eigenvalue weighted by atomic mass is 10.1. The van der Waals surface area contributed by atoms with E-state index >= 15 is 0 Å². The molecule has 0 spiro atoms.